The van der Waals surface area contributed by atoms with Crippen LogP contribution in [-0.2, 0) is 19.9 Å². The Balaban J connectivity index is 2.05. The lowest BCUT2D eigenvalue weighted by atomic mass is 9.89. The minimum atomic E-state index is -0.0527. The molecule has 1 N–H and O–H groups in total. The van der Waals surface area contributed by atoms with Crippen LogP contribution in [0.1, 0.15) is 35.0 Å². The fourth-order valence-electron chi connectivity index (χ4n) is 2.88. The van der Waals surface area contributed by atoms with Gasteiger partial charge in [0.1, 0.15) is 0 Å². The lowest BCUT2D eigenvalue weighted by Gasteiger charge is -2.17. The smallest absolute Gasteiger partial charge is 0.272 e. The van der Waals surface area contributed by atoms with Gasteiger partial charge in [-0.05, 0) is 24.8 Å². The maximum absolute atomic E-state index is 12.2. The highest BCUT2D eigenvalue weighted by Crippen LogP contribution is 2.34. The minimum Gasteiger partial charge on any atom is -0.351 e. The lowest BCUT2D eigenvalue weighted by molar-refractivity contribution is 0.0947. The summed E-state index contributed by atoms with van der Waals surface area (Å²) >= 11 is 0. The average Bonchev–Trinajstić information content (AvgIpc) is 2.82. The Morgan fingerprint density at radius 2 is 2.15 bits per heavy atom. The third-order valence-corrected chi connectivity index (χ3v) is 3.81. The van der Waals surface area contributed by atoms with Crippen molar-refractivity contribution in [3.05, 3.63) is 41.1 Å². The summed E-state index contributed by atoms with van der Waals surface area (Å²) in [6.45, 7) is 2.74. The number of hydrogen-bond donors (Lipinski definition) is 1. The maximum atomic E-state index is 12.2. The molecule has 104 valence electrons. The molecule has 0 unspecified atom stereocenters. The first-order valence-electron chi connectivity index (χ1n) is 7.14. The average molecular weight is 269 g/mol. The molecule has 0 aliphatic heterocycles. The van der Waals surface area contributed by atoms with Gasteiger partial charge >= 0.3 is 0 Å². The lowest BCUT2D eigenvalue weighted by Crippen LogP contribution is -2.25. The first-order valence-corrected chi connectivity index (χ1v) is 7.14. The van der Waals surface area contributed by atoms with E-state index < -0.39 is 0 Å². The van der Waals surface area contributed by atoms with Gasteiger partial charge < -0.3 is 5.32 Å². The molecule has 1 aliphatic carbocycles. The second-order valence-electron chi connectivity index (χ2n) is 5.21. The molecule has 2 aromatic rings. The van der Waals surface area contributed by atoms with Crippen LogP contribution < -0.4 is 5.32 Å². The van der Waals surface area contributed by atoms with E-state index in [9.17, 15) is 4.79 Å². The molecule has 1 aromatic carbocycles. The van der Waals surface area contributed by atoms with Crippen LogP contribution in [0.2, 0.25) is 0 Å². The predicted molar refractivity (Wildman–Crippen MR) is 78.7 cm³/mol. The zero-order valence-electron chi connectivity index (χ0n) is 11.9. The normalized spacial score (nSPS) is 12.7. The number of amides is 1. The molecule has 1 amide bonds. The molecule has 0 saturated carbocycles. The Kier molecular flexibility index (Phi) is 3.30. The molecular formula is C16H19N3O. The zero-order valence-corrected chi connectivity index (χ0v) is 11.9. The number of carbonyl (C=O) groups excluding carboxylic acids is 1. The highest BCUT2D eigenvalue weighted by molar-refractivity contribution is 5.96. The molecule has 20 heavy (non-hydrogen) atoms. The van der Waals surface area contributed by atoms with E-state index in [-0.39, 0.29) is 5.91 Å². The van der Waals surface area contributed by atoms with E-state index in [4.69, 9.17) is 0 Å². The van der Waals surface area contributed by atoms with Gasteiger partial charge in [-0.15, -0.1) is 0 Å². The van der Waals surface area contributed by atoms with Crippen molar-refractivity contribution in [3.8, 4) is 11.3 Å². The maximum Gasteiger partial charge on any atom is 0.272 e. The highest BCUT2D eigenvalue weighted by atomic mass is 16.1. The molecule has 0 saturated heterocycles. The second kappa shape index (κ2) is 5.12. The van der Waals surface area contributed by atoms with Gasteiger partial charge in [-0.25, -0.2) is 0 Å². The molecule has 1 aliphatic rings. The first kappa shape index (κ1) is 12.9. The zero-order chi connectivity index (χ0) is 14.1. The number of hydrogen-bond acceptors (Lipinski definition) is 2. The van der Waals surface area contributed by atoms with E-state index >= 15 is 0 Å². The van der Waals surface area contributed by atoms with Crippen molar-refractivity contribution in [2.24, 2.45) is 7.05 Å². The molecule has 3 rings (SSSR count). The molecular weight excluding hydrogens is 250 g/mol. The van der Waals surface area contributed by atoms with Crippen molar-refractivity contribution in [1.29, 1.82) is 0 Å². The van der Waals surface area contributed by atoms with Crippen molar-refractivity contribution in [2.45, 2.75) is 26.2 Å². The first-order chi connectivity index (χ1) is 9.72. The van der Waals surface area contributed by atoms with Gasteiger partial charge in [0.15, 0.2) is 5.69 Å². The van der Waals surface area contributed by atoms with E-state index in [1.54, 1.807) is 0 Å². The van der Waals surface area contributed by atoms with Gasteiger partial charge in [-0.3, -0.25) is 9.48 Å². The summed E-state index contributed by atoms with van der Waals surface area (Å²) in [5, 5.41) is 7.37. The van der Waals surface area contributed by atoms with Gasteiger partial charge in [0.2, 0.25) is 0 Å². The van der Waals surface area contributed by atoms with Crippen molar-refractivity contribution >= 4 is 5.91 Å². The second-order valence-corrected chi connectivity index (χ2v) is 5.21. The van der Waals surface area contributed by atoms with Crippen molar-refractivity contribution in [1.82, 2.24) is 15.1 Å². The topological polar surface area (TPSA) is 46.9 Å². The molecule has 4 heteroatoms. The van der Waals surface area contributed by atoms with Crippen LogP contribution in [0.15, 0.2) is 24.3 Å². The number of aromatic nitrogens is 2. The largest absolute Gasteiger partial charge is 0.351 e. The van der Waals surface area contributed by atoms with Crippen molar-refractivity contribution in [3.63, 3.8) is 0 Å². The summed E-state index contributed by atoms with van der Waals surface area (Å²) in [7, 11) is 1.91. The fraction of sp³-hybridized carbons (Fsp3) is 0.375. The Morgan fingerprint density at radius 3 is 2.95 bits per heavy atom. The Morgan fingerprint density at radius 1 is 1.35 bits per heavy atom. The standard InChI is InChI=1S/C16H19N3O/c1-3-10-17-16(20)14-13-9-8-11-6-4-5-7-12(11)15(13)19(2)18-14/h4-7H,3,8-10H2,1-2H3,(H,17,20). The number of rotatable bonds is 3. The Bertz CT molecular complexity index is 658. The molecule has 0 fully saturated rings. The van der Waals surface area contributed by atoms with Crippen LogP contribution in [0.3, 0.4) is 0 Å². The quantitative estimate of drug-likeness (QED) is 0.929. The summed E-state index contributed by atoms with van der Waals surface area (Å²) in [6.07, 6.45) is 2.79. The van der Waals surface area contributed by atoms with Crippen LogP contribution in [0.25, 0.3) is 11.3 Å². The molecule has 0 spiro atoms. The van der Waals surface area contributed by atoms with E-state index in [0.29, 0.717) is 12.2 Å². The molecule has 1 heterocycles. The van der Waals surface area contributed by atoms with Crippen LogP contribution >= 0.6 is 0 Å². The Labute approximate surface area is 118 Å². The van der Waals surface area contributed by atoms with Gasteiger partial charge in [0, 0.05) is 24.7 Å². The number of nitrogens with one attached hydrogen (secondary N) is 1. The van der Waals surface area contributed by atoms with E-state index in [2.05, 4.69) is 28.6 Å². The monoisotopic (exact) mass is 269 g/mol. The predicted octanol–water partition coefficient (Wildman–Crippen LogP) is 2.33. The minimum absolute atomic E-state index is 0.0527. The summed E-state index contributed by atoms with van der Waals surface area (Å²) in [4.78, 5) is 12.2. The third-order valence-electron chi connectivity index (χ3n) is 3.81. The van der Waals surface area contributed by atoms with Gasteiger partial charge in [-0.1, -0.05) is 31.2 Å². The number of aryl methyl sites for hydroxylation is 2. The molecule has 0 bridgehead atoms. The third kappa shape index (κ3) is 2.01. The number of fused-ring (bicyclic) bond motifs is 3. The molecule has 1 aromatic heterocycles. The van der Waals surface area contributed by atoms with Gasteiger partial charge in [0.05, 0.1) is 5.69 Å². The molecule has 4 nitrogen and oxygen atoms in total. The van der Waals surface area contributed by atoms with E-state index in [1.165, 1.54) is 11.1 Å². The van der Waals surface area contributed by atoms with E-state index in [0.717, 1.165) is 30.5 Å². The van der Waals surface area contributed by atoms with Crippen LogP contribution in [-0.4, -0.2) is 22.2 Å². The Hall–Kier alpha value is -2.10. The van der Waals surface area contributed by atoms with Gasteiger partial charge in [0.25, 0.3) is 5.91 Å². The van der Waals surface area contributed by atoms with E-state index in [1.807, 2.05) is 24.7 Å². The molecule has 0 atom stereocenters. The number of carbonyl (C=O) groups is 1. The summed E-state index contributed by atoms with van der Waals surface area (Å²) < 4.78 is 1.84. The number of nitrogens with zero attached hydrogens (tertiary/aromatic N) is 2. The van der Waals surface area contributed by atoms with Gasteiger partial charge in [-0.2, -0.15) is 5.10 Å². The SMILES string of the molecule is CCCNC(=O)c1nn(C)c2c1CCc1ccccc1-2. The highest BCUT2D eigenvalue weighted by Gasteiger charge is 2.26. The summed E-state index contributed by atoms with van der Waals surface area (Å²) in [5.74, 6) is -0.0527. The van der Waals surface area contributed by atoms with Crippen molar-refractivity contribution < 1.29 is 4.79 Å². The van der Waals surface area contributed by atoms with Crippen LogP contribution in [0.5, 0.6) is 0 Å². The van der Waals surface area contributed by atoms with Crippen molar-refractivity contribution in [2.75, 3.05) is 6.54 Å². The van der Waals surface area contributed by atoms with Crippen LogP contribution in [0, 0.1) is 0 Å². The van der Waals surface area contributed by atoms with Crippen LogP contribution in [0.4, 0.5) is 0 Å². The fourth-order valence-corrected chi connectivity index (χ4v) is 2.88. The summed E-state index contributed by atoms with van der Waals surface area (Å²) in [5.41, 5.74) is 5.31. The number of benzene rings is 1. The molecule has 0 radical (unpaired) electrons. The summed E-state index contributed by atoms with van der Waals surface area (Å²) in [6, 6.07) is 8.37.